The van der Waals surface area contributed by atoms with Crippen molar-refractivity contribution in [2.75, 3.05) is 26.3 Å². The number of halogens is 3. The average molecular weight is 511 g/mol. The molecule has 2 aromatic rings. The minimum Gasteiger partial charge on any atom is -0.381 e. The van der Waals surface area contributed by atoms with Crippen LogP contribution in [0.5, 0.6) is 0 Å². The lowest BCUT2D eigenvalue weighted by Gasteiger charge is -2.32. The first-order chi connectivity index (χ1) is 16.5. The molecule has 1 spiro atoms. The minimum atomic E-state index is -4.28. The number of sulfonamides is 1. The van der Waals surface area contributed by atoms with Crippen molar-refractivity contribution in [3.8, 4) is 11.1 Å². The van der Waals surface area contributed by atoms with E-state index >= 15 is 8.78 Å². The predicted octanol–water partition coefficient (Wildman–Crippen LogP) is 3.62. The molecule has 0 aromatic heterocycles. The third kappa shape index (κ3) is 5.10. The summed E-state index contributed by atoms with van der Waals surface area (Å²) >= 11 is 0. The molecule has 1 saturated carbocycles. The molecule has 1 amide bonds. The van der Waals surface area contributed by atoms with E-state index in [1.807, 2.05) is 6.07 Å². The van der Waals surface area contributed by atoms with Crippen molar-refractivity contribution in [2.24, 2.45) is 5.41 Å². The molecule has 1 N–H and O–H groups in total. The summed E-state index contributed by atoms with van der Waals surface area (Å²) in [5.74, 6) is -1.37. The maximum Gasteiger partial charge on any atom is 0.262 e. The SMILES string of the molecule is COC[C@@](C)(F)C(=O)N1CC2(CC2)[C@H](NS(=O)(=O)CF)[C@@H]1Cc1cccc(-c2ccccc2)c1F. The first-order valence-electron chi connectivity index (χ1n) is 11.4. The van der Waals surface area contributed by atoms with Crippen LogP contribution in [-0.2, 0) is 26.0 Å². The third-order valence-electron chi connectivity index (χ3n) is 6.99. The van der Waals surface area contributed by atoms with E-state index in [2.05, 4.69) is 4.72 Å². The van der Waals surface area contributed by atoms with E-state index in [0.717, 1.165) is 6.92 Å². The Hall–Kier alpha value is -2.43. The molecule has 1 heterocycles. The van der Waals surface area contributed by atoms with Gasteiger partial charge in [0, 0.05) is 30.7 Å². The number of carbonyl (C=O) groups excluding carboxylic acids is 1. The number of benzene rings is 2. The Morgan fingerprint density at radius 2 is 1.89 bits per heavy atom. The molecule has 2 fully saturated rings. The van der Waals surface area contributed by atoms with E-state index in [0.29, 0.717) is 24.0 Å². The lowest BCUT2D eigenvalue weighted by Crippen LogP contribution is -2.54. The van der Waals surface area contributed by atoms with Crippen LogP contribution in [0.1, 0.15) is 25.3 Å². The summed E-state index contributed by atoms with van der Waals surface area (Å²) in [4.78, 5) is 14.5. The van der Waals surface area contributed by atoms with E-state index in [4.69, 9.17) is 4.74 Å². The van der Waals surface area contributed by atoms with Crippen molar-refractivity contribution in [1.82, 2.24) is 9.62 Å². The van der Waals surface area contributed by atoms with Crippen molar-refractivity contribution in [3.05, 3.63) is 59.9 Å². The van der Waals surface area contributed by atoms with Crippen molar-refractivity contribution in [3.63, 3.8) is 0 Å². The van der Waals surface area contributed by atoms with Gasteiger partial charge in [-0.2, -0.15) is 0 Å². The summed E-state index contributed by atoms with van der Waals surface area (Å²) < 4.78 is 75.7. The Morgan fingerprint density at radius 1 is 1.20 bits per heavy atom. The lowest BCUT2D eigenvalue weighted by molar-refractivity contribution is -0.147. The third-order valence-corrected chi connectivity index (χ3v) is 7.89. The number of ether oxygens (including phenoxy) is 1. The van der Waals surface area contributed by atoms with Crippen LogP contribution < -0.4 is 4.72 Å². The van der Waals surface area contributed by atoms with Crippen molar-refractivity contribution in [2.45, 2.75) is 43.9 Å². The van der Waals surface area contributed by atoms with Crippen LogP contribution in [0.25, 0.3) is 11.1 Å². The quantitative estimate of drug-likeness (QED) is 0.559. The van der Waals surface area contributed by atoms with E-state index in [9.17, 15) is 17.6 Å². The van der Waals surface area contributed by atoms with E-state index in [1.54, 1.807) is 42.5 Å². The van der Waals surface area contributed by atoms with Crippen LogP contribution in [-0.4, -0.2) is 63.2 Å². The van der Waals surface area contributed by atoms with Gasteiger partial charge in [0.25, 0.3) is 5.91 Å². The molecule has 0 bridgehead atoms. The average Bonchev–Trinajstić information content (AvgIpc) is 3.55. The molecular formula is C25H29F3N2O4S. The Kier molecular flexibility index (Phi) is 7.00. The van der Waals surface area contributed by atoms with E-state index in [1.165, 1.54) is 12.0 Å². The van der Waals surface area contributed by atoms with Crippen LogP contribution in [0.3, 0.4) is 0 Å². The first kappa shape index (κ1) is 25.7. The summed E-state index contributed by atoms with van der Waals surface area (Å²) in [6.07, 6.45) is 1.11. The molecule has 35 heavy (non-hydrogen) atoms. The van der Waals surface area contributed by atoms with Crippen molar-refractivity contribution >= 4 is 15.9 Å². The van der Waals surface area contributed by atoms with Gasteiger partial charge in [0.05, 0.1) is 12.6 Å². The largest absolute Gasteiger partial charge is 0.381 e. The highest BCUT2D eigenvalue weighted by Crippen LogP contribution is 2.56. The molecule has 1 aliphatic carbocycles. The van der Waals surface area contributed by atoms with Crippen LogP contribution in [0, 0.1) is 11.2 Å². The fourth-order valence-corrected chi connectivity index (χ4v) is 5.94. The van der Waals surface area contributed by atoms with Crippen molar-refractivity contribution < 1.29 is 31.1 Å². The van der Waals surface area contributed by atoms with Crippen LogP contribution in [0.2, 0.25) is 0 Å². The zero-order valence-electron chi connectivity index (χ0n) is 19.6. The highest BCUT2D eigenvalue weighted by Gasteiger charge is 2.62. The molecule has 3 atom stereocenters. The van der Waals surface area contributed by atoms with Gasteiger partial charge >= 0.3 is 0 Å². The number of hydrogen-bond acceptors (Lipinski definition) is 4. The second kappa shape index (κ2) is 9.55. The number of rotatable bonds is 9. The zero-order valence-corrected chi connectivity index (χ0v) is 20.5. The Bertz CT molecular complexity index is 1190. The monoisotopic (exact) mass is 510 g/mol. The number of hydrogen-bond donors (Lipinski definition) is 1. The number of methoxy groups -OCH3 is 1. The fraction of sp³-hybridized carbons (Fsp3) is 0.480. The van der Waals surface area contributed by atoms with Gasteiger partial charge < -0.3 is 9.64 Å². The highest BCUT2D eigenvalue weighted by molar-refractivity contribution is 7.89. The van der Waals surface area contributed by atoms with Crippen LogP contribution >= 0.6 is 0 Å². The molecule has 4 rings (SSSR count). The number of nitrogens with one attached hydrogen (secondary N) is 1. The highest BCUT2D eigenvalue weighted by atomic mass is 32.2. The van der Waals surface area contributed by atoms with Gasteiger partial charge in [0.1, 0.15) is 5.82 Å². The predicted molar refractivity (Wildman–Crippen MR) is 126 cm³/mol. The number of nitrogens with zero attached hydrogens (tertiary/aromatic N) is 1. The molecule has 0 radical (unpaired) electrons. The summed E-state index contributed by atoms with van der Waals surface area (Å²) in [5, 5.41) is 0. The summed E-state index contributed by atoms with van der Waals surface area (Å²) in [5.41, 5.74) is -1.73. The maximum absolute atomic E-state index is 15.6. The van der Waals surface area contributed by atoms with Gasteiger partial charge in [0.2, 0.25) is 21.7 Å². The van der Waals surface area contributed by atoms with E-state index in [-0.39, 0.29) is 18.5 Å². The Labute approximate surface area is 203 Å². The standard InChI is InChI=1S/C25H29F3N2O4S/c1-24(28,15-34-2)23(31)30-14-25(11-12-25)22(29-35(32,33)16-26)20(30)13-18-9-6-10-19(21(18)27)17-7-4-3-5-8-17/h3-10,20,22,29H,11-16H2,1-2H3/t20-,22+,24+/m0/s1. The Morgan fingerprint density at radius 3 is 2.49 bits per heavy atom. The van der Waals surface area contributed by atoms with Gasteiger partial charge in [-0.1, -0.05) is 48.5 Å². The molecule has 10 heteroatoms. The van der Waals surface area contributed by atoms with Gasteiger partial charge in [-0.05, 0) is 37.3 Å². The second-order valence-electron chi connectivity index (χ2n) is 9.66. The van der Waals surface area contributed by atoms with Crippen molar-refractivity contribution in [1.29, 1.82) is 0 Å². The maximum atomic E-state index is 15.6. The molecule has 1 saturated heterocycles. The summed E-state index contributed by atoms with van der Waals surface area (Å²) in [6.45, 7) is 0.713. The minimum absolute atomic E-state index is 0.0669. The number of likely N-dealkylation sites (tertiary alicyclic amines) is 1. The van der Waals surface area contributed by atoms with Crippen LogP contribution in [0.4, 0.5) is 13.2 Å². The summed E-state index contributed by atoms with van der Waals surface area (Å²) in [7, 11) is -3.01. The van der Waals surface area contributed by atoms with Crippen LogP contribution in [0.15, 0.2) is 48.5 Å². The van der Waals surface area contributed by atoms with Gasteiger partial charge in [0.15, 0.2) is 0 Å². The molecular weight excluding hydrogens is 481 g/mol. The first-order valence-corrected chi connectivity index (χ1v) is 13.1. The molecule has 0 unspecified atom stereocenters. The Balaban J connectivity index is 1.74. The van der Waals surface area contributed by atoms with E-state index < -0.39 is 57.5 Å². The smallest absolute Gasteiger partial charge is 0.262 e. The molecule has 2 aliphatic rings. The fourth-order valence-electron chi connectivity index (χ4n) is 5.09. The number of alkyl halides is 2. The topological polar surface area (TPSA) is 75.7 Å². The number of amides is 1. The van der Waals surface area contributed by atoms with Gasteiger partial charge in [-0.15, -0.1) is 0 Å². The zero-order chi connectivity index (χ0) is 25.4. The van der Waals surface area contributed by atoms with Gasteiger partial charge in [-0.3, -0.25) is 4.79 Å². The molecule has 2 aromatic carbocycles. The molecule has 6 nitrogen and oxygen atoms in total. The summed E-state index contributed by atoms with van der Waals surface area (Å²) in [6, 6.07) is 10.4. The normalized spacial score (nSPS) is 22.8. The molecule has 190 valence electrons. The lowest BCUT2D eigenvalue weighted by atomic mass is 9.91. The second-order valence-corrected chi connectivity index (χ2v) is 11.3. The molecule has 1 aliphatic heterocycles. The number of carbonyl (C=O) groups is 1. The van der Waals surface area contributed by atoms with Gasteiger partial charge in [-0.25, -0.2) is 26.3 Å².